The van der Waals surface area contributed by atoms with E-state index in [2.05, 4.69) is 30.3 Å². The van der Waals surface area contributed by atoms with Crippen LogP contribution in [-0.4, -0.2) is 15.0 Å². The van der Waals surface area contributed by atoms with Crippen molar-refractivity contribution in [2.45, 2.75) is 0 Å². The van der Waals surface area contributed by atoms with E-state index in [9.17, 15) is 0 Å². The first-order chi connectivity index (χ1) is 18.7. The lowest BCUT2D eigenvalue weighted by Gasteiger charge is -2.10. The Morgan fingerprint density at radius 1 is 0.474 bits per heavy atom. The topological polar surface area (TPSA) is 51.8 Å². The lowest BCUT2D eigenvalue weighted by atomic mass is 10.00. The fourth-order valence-corrected chi connectivity index (χ4v) is 4.93. The fourth-order valence-electron chi connectivity index (χ4n) is 4.76. The van der Waals surface area contributed by atoms with Crippen molar-refractivity contribution in [2.24, 2.45) is 0 Å². The Kier molecular flexibility index (Phi) is 5.46. The summed E-state index contributed by atoms with van der Waals surface area (Å²) < 4.78 is 6.29. The maximum absolute atomic E-state index is 6.29. The molecule has 0 aliphatic rings. The standard InChI is InChI=1S/C33H20ClN3O/c34-25-17-18-27-28-16-8-15-26(30(28)38-29(27)20-25)23-13-7-14-24(19-23)33-36-31(21-9-3-1-4-10-21)35-32(37-33)22-11-5-2-6-12-22/h1-20H. The molecule has 0 radical (unpaired) electrons. The Labute approximate surface area is 224 Å². The minimum absolute atomic E-state index is 0.614. The molecule has 38 heavy (non-hydrogen) atoms. The first-order valence-corrected chi connectivity index (χ1v) is 12.7. The smallest absolute Gasteiger partial charge is 0.164 e. The number of benzene rings is 5. The van der Waals surface area contributed by atoms with Gasteiger partial charge in [-0.1, -0.05) is 109 Å². The van der Waals surface area contributed by atoms with Gasteiger partial charge in [-0.3, -0.25) is 0 Å². The summed E-state index contributed by atoms with van der Waals surface area (Å²) in [6.45, 7) is 0. The Bertz CT molecular complexity index is 1870. The molecule has 0 fully saturated rings. The molecular weight excluding hydrogens is 490 g/mol. The second-order valence-electron chi connectivity index (χ2n) is 9.04. The van der Waals surface area contributed by atoms with Crippen molar-refractivity contribution in [3.8, 4) is 45.3 Å². The molecule has 0 N–H and O–H groups in total. The van der Waals surface area contributed by atoms with E-state index in [1.165, 1.54) is 0 Å². The Morgan fingerprint density at radius 2 is 1.05 bits per heavy atom. The van der Waals surface area contributed by atoms with Crippen molar-refractivity contribution in [1.82, 2.24) is 15.0 Å². The molecule has 7 rings (SSSR count). The SMILES string of the molecule is Clc1ccc2c(c1)oc1c(-c3cccc(-c4nc(-c5ccccc5)nc(-c5ccccc5)n4)c3)cccc12. The molecule has 7 aromatic rings. The van der Waals surface area contributed by atoms with Gasteiger partial charge in [0.15, 0.2) is 17.5 Å². The Morgan fingerprint density at radius 3 is 1.74 bits per heavy atom. The van der Waals surface area contributed by atoms with Gasteiger partial charge in [0.2, 0.25) is 0 Å². The molecule has 2 aromatic heterocycles. The van der Waals surface area contributed by atoms with Crippen LogP contribution in [-0.2, 0) is 0 Å². The molecule has 0 saturated carbocycles. The van der Waals surface area contributed by atoms with E-state index in [4.69, 9.17) is 31.0 Å². The van der Waals surface area contributed by atoms with Crippen LogP contribution in [0, 0.1) is 0 Å². The van der Waals surface area contributed by atoms with Gasteiger partial charge in [-0.25, -0.2) is 15.0 Å². The van der Waals surface area contributed by atoms with Gasteiger partial charge in [-0.15, -0.1) is 0 Å². The van der Waals surface area contributed by atoms with Gasteiger partial charge in [-0.05, 0) is 23.8 Å². The summed E-state index contributed by atoms with van der Waals surface area (Å²) >= 11 is 6.23. The van der Waals surface area contributed by atoms with E-state index >= 15 is 0 Å². The van der Waals surface area contributed by atoms with E-state index in [1.807, 2.05) is 91.0 Å². The fraction of sp³-hybridized carbons (Fsp3) is 0. The highest BCUT2D eigenvalue weighted by molar-refractivity contribution is 6.31. The number of fused-ring (bicyclic) bond motifs is 3. The predicted molar refractivity (Wildman–Crippen MR) is 154 cm³/mol. The third kappa shape index (κ3) is 4.01. The highest BCUT2D eigenvalue weighted by Gasteiger charge is 2.15. The van der Waals surface area contributed by atoms with Gasteiger partial charge < -0.3 is 4.42 Å². The first-order valence-electron chi connectivity index (χ1n) is 12.3. The highest BCUT2D eigenvalue weighted by atomic mass is 35.5. The molecule has 2 heterocycles. The molecule has 0 amide bonds. The van der Waals surface area contributed by atoms with Gasteiger partial charge in [-0.2, -0.15) is 0 Å². The molecule has 0 unspecified atom stereocenters. The number of nitrogens with zero attached hydrogens (tertiary/aromatic N) is 3. The Hall–Kier alpha value is -4.80. The van der Waals surface area contributed by atoms with Crippen LogP contribution in [0.3, 0.4) is 0 Å². The van der Waals surface area contributed by atoms with Crippen molar-refractivity contribution in [1.29, 1.82) is 0 Å². The van der Waals surface area contributed by atoms with E-state index in [0.717, 1.165) is 49.8 Å². The third-order valence-corrected chi connectivity index (χ3v) is 6.83. The van der Waals surface area contributed by atoms with Crippen LogP contribution in [0.25, 0.3) is 67.2 Å². The molecule has 0 bridgehead atoms. The average molecular weight is 510 g/mol. The van der Waals surface area contributed by atoms with E-state index in [0.29, 0.717) is 22.5 Å². The Balaban J connectivity index is 1.40. The minimum Gasteiger partial charge on any atom is -0.455 e. The maximum Gasteiger partial charge on any atom is 0.164 e. The summed E-state index contributed by atoms with van der Waals surface area (Å²) in [5.41, 5.74) is 6.39. The monoisotopic (exact) mass is 509 g/mol. The van der Waals surface area contributed by atoms with E-state index in [1.54, 1.807) is 0 Å². The van der Waals surface area contributed by atoms with Crippen LogP contribution in [0.2, 0.25) is 5.02 Å². The third-order valence-electron chi connectivity index (χ3n) is 6.59. The summed E-state index contributed by atoms with van der Waals surface area (Å²) in [7, 11) is 0. The van der Waals surface area contributed by atoms with Crippen molar-refractivity contribution >= 4 is 33.5 Å². The summed E-state index contributed by atoms with van der Waals surface area (Å²) in [6.07, 6.45) is 0. The van der Waals surface area contributed by atoms with Crippen LogP contribution in [0.4, 0.5) is 0 Å². The highest BCUT2D eigenvalue weighted by Crippen LogP contribution is 2.37. The molecule has 0 spiro atoms. The van der Waals surface area contributed by atoms with Crippen LogP contribution in [0.15, 0.2) is 126 Å². The number of furan rings is 1. The number of hydrogen-bond acceptors (Lipinski definition) is 4. The van der Waals surface area contributed by atoms with Crippen molar-refractivity contribution in [3.05, 3.63) is 126 Å². The molecule has 180 valence electrons. The molecular formula is C33H20ClN3O. The largest absolute Gasteiger partial charge is 0.455 e. The van der Waals surface area contributed by atoms with Gasteiger partial charge in [0, 0.05) is 44.1 Å². The molecule has 4 nitrogen and oxygen atoms in total. The van der Waals surface area contributed by atoms with Crippen LogP contribution in [0.5, 0.6) is 0 Å². The molecule has 0 aliphatic heterocycles. The zero-order chi connectivity index (χ0) is 25.5. The first kappa shape index (κ1) is 22.4. The zero-order valence-electron chi connectivity index (χ0n) is 20.2. The molecule has 5 heteroatoms. The quantitative estimate of drug-likeness (QED) is 0.237. The maximum atomic E-state index is 6.29. The second kappa shape index (κ2) is 9.25. The zero-order valence-corrected chi connectivity index (χ0v) is 20.9. The summed E-state index contributed by atoms with van der Waals surface area (Å²) in [5, 5.41) is 2.75. The van der Waals surface area contributed by atoms with Gasteiger partial charge in [0.1, 0.15) is 11.2 Å². The van der Waals surface area contributed by atoms with Crippen LogP contribution >= 0.6 is 11.6 Å². The van der Waals surface area contributed by atoms with Crippen molar-refractivity contribution in [2.75, 3.05) is 0 Å². The van der Waals surface area contributed by atoms with Crippen LogP contribution in [0.1, 0.15) is 0 Å². The van der Waals surface area contributed by atoms with Crippen molar-refractivity contribution < 1.29 is 4.42 Å². The van der Waals surface area contributed by atoms with Gasteiger partial charge in [0.25, 0.3) is 0 Å². The summed E-state index contributed by atoms with van der Waals surface area (Å²) in [6, 6.07) is 40.2. The predicted octanol–water partition coefficient (Wildman–Crippen LogP) is 9.09. The number of rotatable bonds is 4. The molecule has 5 aromatic carbocycles. The minimum atomic E-state index is 0.614. The normalized spacial score (nSPS) is 11.3. The summed E-state index contributed by atoms with van der Waals surface area (Å²) in [5.74, 6) is 1.88. The lowest BCUT2D eigenvalue weighted by Crippen LogP contribution is -2.00. The van der Waals surface area contributed by atoms with Gasteiger partial charge in [0.05, 0.1) is 0 Å². The number of hydrogen-bond donors (Lipinski definition) is 0. The molecule has 0 atom stereocenters. The second-order valence-corrected chi connectivity index (χ2v) is 9.48. The van der Waals surface area contributed by atoms with Gasteiger partial charge >= 0.3 is 0 Å². The van der Waals surface area contributed by atoms with Crippen molar-refractivity contribution in [3.63, 3.8) is 0 Å². The number of aromatic nitrogens is 3. The number of para-hydroxylation sites is 1. The van der Waals surface area contributed by atoms with E-state index in [-0.39, 0.29) is 0 Å². The average Bonchev–Trinajstić information content (AvgIpc) is 3.35. The molecule has 0 saturated heterocycles. The number of halogens is 1. The summed E-state index contributed by atoms with van der Waals surface area (Å²) in [4.78, 5) is 14.6. The van der Waals surface area contributed by atoms with E-state index < -0.39 is 0 Å². The molecule has 0 aliphatic carbocycles. The lowest BCUT2D eigenvalue weighted by molar-refractivity contribution is 0.670. The van der Waals surface area contributed by atoms with Crippen LogP contribution < -0.4 is 0 Å².